The summed E-state index contributed by atoms with van der Waals surface area (Å²) in [4.78, 5) is 0. The first kappa shape index (κ1) is 17.5. The Hall–Kier alpha value is -0.520. The molecular formula is C18H32O2. The van der Waals surface area contributed by atoms with Gasteiger partial charge >= 0.3 is 0 Å². The second-order valence-electron chi connectivity index (χ2n) is 5.67. The third-order valence-electron chi connectivity index (χ3n) is 3.81. The molecule has 0 saturated carbocycles. The van der Waals surface area contributed by atoms with E-state index in [1.165, 1.54) is 64.2 Å². The van der Waals surface area contributed by atoms with Gasteiger partial charge in [0, 0.05) is 19.6 Å². The van der Waals surface area contributed by atoms with Crippen LogP contribution in [0.15, 0.2) is 0 Å². The summed E-state index contributed by atoms with van der Waals surface area (Å²) in [5.74, 6) is 6.08. The van der Waals surface area contributed by atoms with Gasteiger partial charge < -0.3 is 9.47 Å². The molecule has 2 nitrogen and oxygen atoms in total. The molecule has 1 heterocycles. The minimum atomic E-state index is 0.0926. The Morgan fingerprint density at radius 2 is 1.65 bits per heavy atom. The van der Waals surface area contributed by atoms with Crippen LogP contribution in [-0.2, 0) is 9.47 Å². The second-order valence-corrected chi connectivity index (χ2v) is 5.67. The summed E-state index contributed by atoms with van der Waals surface area (Å²) in [6.07, 6.45) is 15.3. The molecule has 1 rings (SSSR count). The van der Waals surface area contributed by atoms with Crippen molar-refractivity contribution in [3.63, 3.8) is 0 Å². The minimum absolute atomic E-state index is 0.0926. The average Bonchev–Trinajstić information content (AvgIpc) is 2.49. The molecule has 20 heavy (non-hydrogen) atoms. The van der Waals surface area contributed by atoms with Crippen molar-refractivity contribution in [1.29, 1.82) is 0 Å². The number of ether oxygens (including phenoxy) is 2. The summed E-state index contributed by atoms with van der Waals surface area (Å²) in [7, 11) is 0. The first-order valence-corrected chi connectivity index (χ1v) is 8.56. The lowest BCUT2D eigenvalue weighted by molar-refractivity contribution is -0.162. The normalized spacial score (nSPS) is 18.6. The van der Waals surface area contributed by atoms with Crippen molar-refractivity contribution in [3.05, 3.63) is 0 Å². The Kier molecular flexibility index (Phi) is 11.8. The second kappa shape index (κ2) is 13.5. The molecule has 0 amide bonds. The first-order chi connectivity index (χ1) is 9.93. The van der Waals surface area contributed by atoms with Crippen molar-refractivity contribution < 1.29 is 9.47 Å². The standard InChI is InChI=1S/C18H32O2/c1-2-3-4-5-6-7-8-9-10-11-13-16-19-18-15-12-14-17-20-18/h18H,4-17H2,1H3. The maximum absolute atomic E-state index is 5.73. The van der Waals surface area contributed by atoms with Gasteiger partial charge in [-0.1, -0.05) is 38.5 Å². The molecule has 2 heteroatoms. The molecule has 1 aliphatic heterocycles. The van der Waals surface area contributed by atoms with E-state index in [4.69, 9.17) is 9.47 Å². The van der Waals surface area contributed by atoms with Crippen molar-refractivity contribution in [2.45, 2.75) is 90.3 Å². The largest absolute Gasteiger partial charge is 0.353 e. The van der Waals surface area contributed by atoms with Crippen LogP contribution >= 0.6 is 0 Å². The zero-order chi connectivity index (χ0) is 14.3. The van der Waals surface area contributed by atoms with Crippen molar-refractivity contribution >= 4 is 0 Å². The van der Waals surface area contributed by atoms with E-state index in [1.807, 2.05) is 6.92 Å². The highest BCUT2D eigenvalue weighted by molar-refractivity contribution is 4.94. The van der Waals surface area contributed by atoms with Crippen LogP contribution in [0.2, 0.25) is 0 Å². The highest BCUT2D eigenvalue weighted by Gasteiger charge is 2.13. The van der Waals surface area contributed by atoms with Crippen molar-refractivity contribution in [2.75, 3.05) is 13.2 Å². The molecule has 1 atom stereocenters. The van der Waals surface area contributed by atoms with Crippen LogP contribution in [0.4, 0.5) is 0 Å². The van der Waals surface area contributed by atoms with Crippen molar-refractivity contribution in [3.8, 4) is 11.8 Å². The molecule has 0 spiro atoms. The summed E-state index contributed by atoms with van der Waals surface area (Å²) >= 11 is 0. The third kappa shape index (κ3) is 10.3. The van der Waals surface area contributed by atoms with E-state index in [0.29, 0.717) is 0 Å². The molecule has 0 radical (unpaired) electrons. The lowest BCUT2D eigenvalue weighted by Crippen LogP contribution is -2.22. The van der Waals surface area contributed by atoms with Gasteiger partial charge in [-0.05, 0) is 39.0 Å². The molecule has 1 aliphatic rings. The highest BCUT2D eigenvalue weighted by Crippen LogP contribution is 2.14. The smallest absolute Gasteiger partial charge is 0.157 e. The fourth-order valence-corrected chi connectivity index (χ4v) is 2.56. The van der Waals surface area contributed by atoms with Gasteiger partial charge in [-0.3, -0.25) is 0 Å². The van der Waals surface area contributed by atoms with Crippen LogP contribution < -0.4 is 0 Å². The molecular weight excluding hydrogens is 248 g/mol. The van der Waals surface area contributed by atoms with E-state index >= 15 is 0 Å². The summed E-state index contributed by atoms with van der Waals surface area (Å²) < 4.78 is 11.3. The number of rotatable bonds is 11. The van der Waals surface area contributed by atoms with E-state index in [1.54, 1.807) is 0 Å². The Labute approximate surface area is 125 Å². The van der Waals surface area contributed by atoms with Gasteiger partial charge in [-0.25, -0.2) is 0 Å². The van der Waals surface area contributed by atoms with Gasteiger partial charge in [0.05, 0.1) is 0 Å². The van der Waals surface area contributed by atoms with Crippen molar-refractivity contribution in [2.24, 2.45) is 0 Å². The number of hydrogen-bond acceptors (Lipinski definition) is 2. The molecule has 1 saturated heterocycles. The number of unbranched alkanes of at least 4 members (excludes halogenated alkanes) is 8. The molecule has 116 valence electrons. The third-order valence-corrected chi connectivity index (χ3v) is 3.81. The van der Waals surface area contributed by atoms with Gasteiger partial charge in [0.2, 0.25) is 0 Å². The monoisotopic (exact) mass is 280 g/mol. The van der Waals surface area contributed by atoms with E-state index < -0.39 is 0 Å². The van der Waals surface area contributed by atoms with E-state index in [-0.39, 0.29) is 6.29 Å². The zero-order valence-corrected chi connectivity index (χ0v) is 13.3. The molecule has 0 aromatic heterocycles. The van der Waals surface area contributed by atoms with Crippen LogP contribution in [0.25, 0.3) is 0 Å². The van der Waals surface area contributed by atoms with Crippen LogP contribution in [0, 0.1) is 11.8 Å². The predicted molar refractivity (Wildman–Crippen MR) is 84.5 cm³/mol. The molecule has 0 aromatic carbocycles. The fraction of sp³-hybridized carbons (Fsp3) is 0.889. The average molecular weight is 280 g/mol. The SMILES string of the molecule is CC#CCCCCCCCCCCOC1CCCCO1. The lowest BCUT2D eigenvalue weighted by atomic mass is 10.1. The molecule has 1 unspecified atom stereocenters. The Morgan fingerprint density at radius 1 is 0.950 bits per heavy atom. The maximum Gasteiger partial charge on any atom is 0.157 e. The topological polar surface area (TPSA) is 18.5 Å². The molecule has 1 fully saturated rings. The molecule has 0 aromatic rings. The van der Waals surface area contributed by atoms with Gasteiger partial charge in [0.1, 0.15) is 0 Å². The maximum atomic E-state index is 5.73. The van der Waals surface area contributed by atoms with Crippen LogP contribution in [0.1, 0.15) is 84.0 Å². The summed E-state index contributed by atoms with van der Waals surface area (Å²) in [6, 6.07) is 0. The first-order valence-electron chi connectivity index (χ1n) is 8.56. The van der Waals surface area contributed by atoms with Crippen LogP contribution in [0.3, 0.4) is 0 Å². The highest BCUT2D eigenvalue weighted by atomic mass is 16.7. The van der Waals surface area contributed by atoms with E-state index in [9.17, 15) is 0 Å². The summed E-state index contributed by atoms with van der Waals surface area (Å²) in [5.41, 5.74) is 0. The summed E-state index contributed by atoms with van der Waals surface area (Å²) in [6.45, 7) is 3.68. The van der Waals surface area contributed by atoms with Crippen molar-refractivity contribution in [1.82, 2.24) is 0 Å². The quantitative estimate of drug-likeness (QED) is 0.389. The van der Waals surface area contributed by atoms with Gasteiger partial charge in [-0.15, -0.1) is 11.8 Å². The Morgan fingerprint density at radius 3 is 2.30 bits per heavy atom. The minimum Gasteiger partial charge on any atom is -0.353 e. The zero-order valence-electron chi connectivity index (χ0n) is 13.3. The van der Waals surface area contributed by atoms with E-state index in [2.05, 4.69) is 11.8 Å². The van der Waals surface area contributed by atoms with Crippen LogP contribution in [0.5, 0.6) is 0 Å². The Balaban J connectivity index is 1.72. The van der Waals surface area contributed by atoms with Crippen LogP contribution in [-0.4, -0.2) is 19.5 Å². The van der Waals surface area contributed by atoms with Gasteiger partial charge in [-0.2, -0.15) is 0 Å². The Bertz CT molecular complexity index is 258. The molecule has 0 N–H and O–H groups in total. The fourth-order valence-electron chi connectivity index (χ4n) is 2.56. The molecule has 0 aliphatic carbocycles. The summed E-state index contributed by atoms with van der Waals surface area (Å²) in [5, 5.41) is 0. The van der Waals surface area contributed by atoms with Gasteiger partial charge in [0.25, 0.3) is 0 Å². The van der Waals surface area contributed by atoms with Gasteiger partial charge in [0.15, 0.2) is 6.29 Å². The number of hydrogen-bond donors (Lipinski definition) is 0. The molecule has 0 bridgehead atoms. The lowest BCUT2D eigenvalue weighted by Gasteiger charge is -2.22. The van der Waals surface area contributed by atoms with E-state index in [0.717, 1.165) is 26.1 Å². The predicted octanol–water partition coefficient (Wildman–Crippen LogP) is 5.06.